The summed E-state index contributed by atoms with van der Waals surface area (Å²) in [7, 11) is -2.80. The van der Waals surface area contributed by atoms with Crippen LogP contribution in [-0.4, -0.2) is 91.4 Å². The van der Waals surface area contributed by atoms with Gasteiger partial charge in [-0.3, -0.25) is 14.3 Å². The number of carbonyl (C=O) groups excluding carboxylic acids is 1. The summed E-state index contributed by atoms with van der Waals surface area (Å²) in [6.07, 6.45) is 0.591. The minimum absolute atomic E-state index is 0.000286. The summed E-state index contributed by atoms with van der Waals surface area (Å²) in [5.74, 6) is -1.23. The molecule has 48 heavy (non-hydrogen) atoms. The standard InChI is InChI=1S/C32H45N6O9P/c1-19(41-8)15-42-29(39)20(2)37-48(40,47-22-11-9-21(10-12-22)30(3,4)5)43-16-24-26-27(46-31(6,7)45-26)32(17-33,44-24)25-14-13-23-28(34)35-18-36-38(23)25/h9-13,18-20,24-27H,14-16H2,1-8H3,(H,37,40)(H2,34,35,36)/t19?,20-,24+,25?,26+,27+,32-,48?/m0/s1. The van der Waals surface area contributed by atoms with E-state index < -0.39 is 55.5 Å². The Balaban J connectivity index is 1.39. The van der Waals surface area contributed by atoms with Gasteiger partial charge in [-0.05, 0) is 57.2 Å². The maximum Gasteiger partial charge on any atom is 0.459 e. The summed E-state index contributed by atoms with van der Waals surface area (Å²) in [6, 6.07) is 7.70. The van der Waals surface area contributed by atoms with Crippen molar-refractivity contribution in [3.05, 3.63) is 41.6 Å². The first-order chi connectivity index (χ1) is 22.5. The summed E-state index contributed by atoms with van der Waals surface area (Å²) in [6.45, 7) is 12.6. The van der Waals surface area contributed by atoms with Crippen molar-refractivity contribution in [2.45, 2.75) is 108 Å². The highest BCUT2D eigenvalue weighted by molar-refractivity contribution is 7.52. The van der Waals surface area contributed by atoms with Gasteiger partial charge in [0.2, 0.25) is 5.60 Å². The average Bonchev–Trinajstić information content (AvgIpc) is 3.69. The van der Waals surface area contributed by atoms with Crippen LogP contribution in [-0.2, 0) is 43.0 Å². The molecule has 3 unspecified atom stereocenters. The zero-order valence-corrected chi connectivity index (χ0v) is 29.4. The Hall–Kier alpha value is -3.35. The number of ether oxygens (including phenoxy) is 5. The number of nitriles is 1. The first-order valence-electron chi connectivity index (χ1n) is 15.8. The van der Waals surface area contributed by atoms with E-state index in [9.17, 15) is 14.6 Å². The maximum absolute atomic E-state index is 14.4. The van der Waals surface area contributed by atoms with Crippen molar-refractivity contribution in [2.24, 2.45) is 15.8 Å². The Kier molecular flexibility index (Phi) is 10.1. The fourth-order valence-corrected chi connectivity index (χ4v) is 7.45. The van der Waals surface area contributed by atoms with E-state index in [-0.39, 0.29) is 36.3 Å². The number of rotatable bonds is 12. The van der Waals surface area contributed by atoms with Crippen molar-refractivity contribution < 1.29 is 42.1 Å². The number of fused-ring (bicyclic) bond motifs is 2. The van der Waals surface area contributed by atoms with Gasteiger partial charge in [-0.2, -0.15) is 15.5 Å². The number of carbonyl (C=O) groups is 1. The van der Waals surface area contributed by atoms with Gasteiger partial charge in [0.25, 0.3) is 0 Å². The molecule has 0 spiro atoms. The molecule has 4 heterocycles. The number of benzene rings is 1. The molecular weight excluding hydrogens is 643 g/mol. The summed E-state index contributed by atoms with van der Waals surface area (Å²) in [5.41, 5.74) is 5.99. The minimum Gasteiger partial charge on any atom is -0.462 e. The van der Waals surface area contributed by atoms with Crippen LogP contribution in [0.4, 0.5) is 0 Å². The zero-order valence-electron chi connectivity index (χ0n) is 28.5. The molecule has 2 saturated heterocycles. The number of aliphatic imine (C=N–C) groups is 1. The number of amidine groups is 1. The van der Waals surface area contributed by atoms with E-state index in [1.165, 1.54) is 20.4 Å². The molecule has 1 aromatic carbocycles. The van der Waals surface area contributed by atoms with Crippen molar-refractivity contribution >= 4 is 25.9 Å². The van der Waals surface area contributed by atoms with E-state index in [0.29, 0.717) is 12.1 Å². The molecule has 0 saturated carbocycles. The van der Waals surface area contributed by atoms with Crippen LogP contribution >= 0.6 is 7.75 Å². The molecule has 15 nitrogen and oxygen atoms in total. The Bertz CT molecular complexity index is 1550. The molecule has 2 fully saturated rings. The molecule has 0 bridgehead atoms. The smallest absolute Gasteiger partial charge is 0.459 e. The Morgan fingerprint density at radius 2 is 1.94 bits per heavy atom. The molecule has 4 aliphatic rings. The Morgan fingerprint density at radius 1 is 1.23 bits per heavy atom. The number of esters is 1. The van der Waals surface area contributed by atoms with Crippen LogP contribution in [0.3, 0.4) is 0 Å². The van der Waals surface area contributed by atoms with Gasteiger partial charge >= 0.3 is 13.7 Å². The molecule has 0 aromatic heterocycles. The predicted molar refractivity (Wildman–Crippen MR) is 175 cm³/mol. The quantitative estimate of drug-likeness (QED) is 0.240. The molecule has 4 aliphatic heterocycles. The minimum atomic E-state index is -4.31. The van der Waals surface area contributed by atoms with E-state index in [1.807, 2.05) is 18.2 Å². The number of hydrogen-bond acceptors (Lipinski definition) is 14. The lowest BCUT2D eigenvalue weighted by atomic mass is 9.87. The van der Waals surface area contributed by atoms with Gasteiger partial charge in [0.1, 0.15) is 55.2 Å². The average molecular weight is 689 g/mol. The number of hydrogen-bond donors (Lipinski definition) is 2. The van der Waals surface area contributed by atoms with E-state index in [4.69, 9.17) is 38.5 Å². The molecule has 0 radical (unpaired) electrons. The number of hydrazone groups is 1. The number of nitrogens with one attached hydrogen (secondary N) is 1. The molecule has 0 aliphatic carbocycles. The zero-order chi connectivity index (χ0) is 35.1. The summed E-state index contributed by atoms with van der Waals surface area (Å²) >= 11 is 0. The third-order valence-corrected chi connectivity index (χ3v) is 10.2. The van der Waals surface area contributed by atoms with Crippen molar-refractivity contribution in [1.82, 2.24) is 10.1 Å². The first kappa shape index (κ1) is 35.9. The topological polar surface area (TPSA) is 189 Å². The van der Waals surface area contributed by atoms with Crippen LogP contribution in [0.15, 0.2) is 46.1 Å². The number of nitrogens with two attached hydrogens (primary N) is 1. The van der Waals surface area contributed by atoms with Gasteiger partial charge in [0, 0.05) is 7.11 Å². The molecule has 8 atom stereocenters. The highest BCUT2D eigenvalue weighted by atomic mass is 31.2. The maximum atomic E-state index is 14.4. The van der Waals surface area contributed by atoms with Gasteiger partial charge < -0.3 is 33.9 Å². The lowest BCUT2D eigenvalue weighted by Gasteiger charge is -2.38. The van der Waals surface area contributed by atoms with E-state index in [0.717, 1.165) is 5.56 Å². The van der Waals surface area contributed by atoms with Crippen molar-refractivity contribution in [2.75, 3.05) is 20.3 Å². The predicted octanol–water partition coefficient (Wildman–Crippen LogP) is 3.50. The molecule has 3 N–H and O–H groups in total. The largest absolute Gasteiger partial charge is 0.462 e. The van der Waals surface area contributed by atoms with Crippen molar-refractivity contribution in [1.29, 1.82) is 5.26 Å². The summed E-state index contributed by atoms with van der Waals surface area (Å²) in [5, 5.41) is 19.4. The van der Waals surface area contributed by atoms with E-state index in [2.05, 4.69) is 42.0 Å². The molecule has 16 heteroatoms. The third-order valence-electron chi connectivity index (χ3n) is 8.57. The monoisotopic (exact) mass is 688 g/mol. The fourth-order valence-electron chi connectivity index (χ4n) is 5.95. The van der Waals surface area contributed by atoms with Crippen LogP contribution in [0.1, 0.15) is 60.5 Å². The number of methoxy groups -OCH3 is 1. The van der Waals surface area contributed by atoms with Crippen molar-refractivity contribution in [3.8, 4) is 11.8 Å². The fraction of sp³-hybridized carbons (Fsp3) is 0.625. The normalized spacial score (nSPS) is 29.9. The number of nitrogens with zero attached hydrogens (tertiary/aromatic N) is 4. The molecule has 0 amide bonds. The Morgan fingerprint density at radius 3 is 2.58 bits per heavy atom. The highest BCUT2D eigenvalue weighted by Crippen LogP contribution is 2.51. The molecule has 262 valence electrons. The van der Waals surface area contributed by atoms with Crippen LogP contribution in [0.2, 0.25) is 0 Å². The van der Waals surface area contributed by atoms with Crippen molar-refractivity contribution in [3.63, 3.8) is 0 Å². The van der Waals surface area contributed by atoms with Gasteiger partial charge in [0.05, 0.1) is 18.4 Å². The highest BCUT2D eigenvalue weighted by Gasteiger charge is 2.68. The van der Waals surface area contributed by atoms with Gasteiger partial charge in [-0.1, -0.05) is 39.0 Å². The van der Waals surface area contributed by atoms with Gasteiger partial charge in [-0.25, -0.2) is 9.56 Å². The second kappa shape index (κ2) is 13.5. The van der Waals surface area contributed by atoms with Gasteiger partial charge in [-0.15, -0.1) is 0 Å². The molecule has 1 aromatic rings. The van der Waals surface area contributed by atoms with Crippen LogP contribution in [0.25, 0.3) is 0 Å². The third kappa shape index (κ3) is 7.30. The van der Waals surface area contributed by atoms with Crippen LogP contribution < -0.4 is 15.3 Å². The lowest BCUT2D eigenvalue weighted by molar-refractivity contribution is -0.209. The van der Waals surface area contributed by atoms with Gasteiger partial charge in [0.15, 0.2) is 11.6 Å². The van der Waals surface area contributed by atoms with E-state index in [1.54, 1.807) is 37.9 Å². The van der Waals surface area contributed by atoms with E-state index >= 15 is 0 Å². The first-order valence-corrected chi connectivity index (χ1v) is 17.4. The lowest BCUT2D eigenvalue weighted by Crippen LogP contribution is -2.56. The van der Waals surface area contributed by atoms with Crippen LogP contribution in [0, 0.1) is 11.3 Å². The second-order valence-corrected chi connectivity index (χ2v) is 15.4. The molecular formula is C32H45N6O9P. The van der Waals surface area contributed by atoms with Crippen LogP contribution in [0.5, 0.6) is 5.75 Å². The summed E-state index contributed by atoms with van der Waals surface area (Å²) in [4.78, 5) is 16.9. The second-order valence-electron chi connectivity index (χ2n) is 13.7. The molecule has 5 rings (SSSR count). The summed E-state index contributed by atoms with van der Waals surface area (Å²) < 4.78 is 55.8. The Labute approximate surface area is 280 Å². The SMILES string of the molecule is COC(C)COC(=O)[C@H](C)NP(=O)(OC[C@H]1O[C@@](C#N)(C2CC=C3C(N)=NC=NN32)[C@@H]2OC(C)(C)O[C@@H]21)Oc1ccc(C(C)(C)C)cc1.